The van der Waals surface area contributed by atoms with Crippen LogP contribution >= 0.6 is 0 Å². The van der Waals surface area contributed by atoms with Gasteiger partial charge in [-0.2, -0.15) is 0 Å². The van der Waals surface area contributed by atoms with Crippen LogP contribution in [0.15, 0.2) is 30.3 Å². The lowest BCUT2D eigenvalue weighted by Gasteiger charge is -2.14. The topological polar surface area (TPSA) is 81.7 Å². The second kappa shape index (κ2) is 8.38. The van der Waals surface area contributed by atoms with Gasteiger partial charge in [0.15, 0.2) is 0 Å². The number of nitrogens with one attached hydrogen (secondary N) is 1. The Balaban J connectivity index is 2.74. The fraction of sp³-hybridized carbons (Fsp3) is 0.267. The van der Waals surface area contributed by atoms with Gasteiger partial charge in [0.2, 0.25) is 0 Å². The summed E-state index contributed by atoms with van der Waals surface area (Å²) in [5.74, 6) is 1.85. The van der Waals surface area contributed by atoms with Crippen molar-refractivity contribution >= 4 is 17.8 Å². The fourth-order valence-corrected chi connectivity index (χ4v) is 1.54. The molecule has 0 radical (unpaired) electrons. The van der Waals surface area contributed by atoms with E-state index in [4.69, 9.17) is 0 Å². The smallest absolute Gasteiger partial charge is 0.384 e. The normalized spacial score (nSPS) is 10.6. The van der Waals surface area contributed by atoms with E-state index in [0.29, 0.717) is 0 Å². The van der Waals surface area contributed by atoms with Crippen LogP contribution in [0.1, 0.15) is 5.56 Å². The number of hydrogen-bond donors (Lipinski definition) is 1. The summed E-state index contributed by atoms with van der Waals surface area (Å²) >= 11 is 0. The number of amides is 1. The van der Waals surface area contributed by atoms with Crippen LogP contribution in [0.2, 0.25) is 0 Å². The minimum Gasteiger partial charge on any atom is -0.467 e. The Kier molecular flexibility index (Phi) is 6.48. The summed E-state index contributed by atoms with van der Waals surface area (Å²) in [7, 11) is 2.38. The van der Waals surface area contributed by atoms with Crippen molar-refractivity contribution in [3.05, 3.63) is 35.9 Å². The molecule has 110 valence electrons. The van der Waals surface area contributed by atoms with Crippen LogP contribution in [0.4, 0.5) is 0 Å². The molecule has 1 N–H and O–H groups in total. The van der Waals surface area contributed by atoms with Gasteiger partial charge >= 0.3 is 11.9 Å². The van der Waals surface area contributed by atoms with Gasteiger partial charge in [0.05, 0.1) is 14.2 Å². The molecule has 6 heteroatoms. The molecule has 0 bridgehead atoms. The standard InChI is InChI=1S/C15H15NO5/c1-20-14(18)9-8-13(17)16-12(15(19)21-2)10-11-6-4-3-5-7-11/h3-7,12H,10H2,1-2H3,(H,16,17). The van der Waals surface area contributed by atoms with E-state index in [0.717, 1.165) is 12.7 Å². The first kappa shape index (κ1) is 16.2. The van der Waals surface area contributed by atoms with Gasteiger partial charge in [0.1, 0.15) is 6.04 Å². The quantitative estimate of drug-likeness (QED) is 0.481. The van der Waals surface area contributed by atoms with Crippen molar-refractivity contribution in [1.82, 2.24) is 5.32 Å². The first-order valence-electron chi connectivity index (χ1n) is 6.09. The Morgan fingerprint density at radius 1 is 1.10 bits per heavy atom. The fourth-order valence-electron chi connectivity index (χ4n) is 1.54. The van der Waals surface area contributed by atoms with Crippen LogP contribution in [0, 0.1) is 11.8 Å². The number of carbonyl (C=O) groups is 3. The van der Waals surface area contributed by atoms with Crippen LogP contribution in [-0.2, 0) is 30.3 Å². The molecule has 6 nitrogen and oxygen atoms in total. The highest BCUT2D eigenvalue weighted by Gasteiger charge is 2.21. The average Bonchev–Trinajstić information content (AvgIpc) is 2.52. The molecule has 0 aromatic heterocycles. The van der Waals surface area contributed by atoms with Crippen LogP contribution in [0.25, 0.3) is 0 Å². The summed E-state index contributed by atoms with van der Waals surface area (Å²) in [6.07, 6.45) is 0.263. The minimum absolute atomic E-state index is 0.263. The Hall–Kier alpha value is -2.81. The number of esters is 2. The van der Waals surface area contributed by atoms with Crippen LogP contribution in [0.3, 0.4) is 0 Å². The highest BCUT2D eigenvalue weighted by Crippen LogP contribution is 2.04. The zero-order valence-electron chi connectivity index (χ0n) is 11.7. The molecule has 0 aliphatic carbocycles. The molecular weight excluding hydrogens is 274 g/mol. The molecule has 1 atom stereocenters. The summed E-state index contributed by atoms with van der Waals surface area (Å²) in [4.78, 5) is 34.1. The van der Waals surface area contributed by atoms with E-state index < -0.39 is 23.9 Å². The second-order valence-corrected chi connectivity index (χ2v) is 3.98. The third-order valence-corrected chi connectivity index (χ3v) is 2.54. The molecule has 1 unspecified atom stereocenters. The molecule has 1 amide bonds. The van der Waals surface area contributed by atoms with Gasteiger partial charge in [-0.15, -0.1) is 0 Å². The molecule has 0 heterocycles. The van der Waals surface area contributed by atoms with Crippen molar-refractivity contribution in [1.29, 1.82) is 0 Å². The van der Waals surface area contributed by atoms with Crippen molar-refractivity contribution in [3.8, 4) is 11.8 Å². The summed E-state index contributed by atoms with van der Waals surface area (Å²) in [6, 6.07) is 8.25. The van der Waals surface area contributed by atoms with Crippen molar-refractivity contribution in [3.63, 3.8) is 0 Å². The van der Waals surface area contributed by atoms with E-state index in [2.05, 4.69) is 14.8 Å². The van der Waals surface area contributed by atoms with Gasteiger partial charge in [-0.05, 0) is 5.56 Å². The lowest BCUT2D eigenvalue weighted by molar-refractivity contribution is -0.144. The third-order valence-electron chi connectivity index (χ3n) is 2.54. The molecule has 0 saturated carbocycles. The maximum atomic E-state index is 11.7. The second-order valence-electron chi connectivity index (χ2n) is 3.98. The van der Waals surface area contributed by atoms with Crippen LogP contribution < -0.4 is 5.32 Å². The predicted molar refractivity (Wildman–Crippen MR) is 73.9 cm³/mol. The number of carbonyl (C=O) groups excluding carboxylic acids is 3. The minimum atomic E-state index is -0.878. The molecule has 21 heavy (non-hydrogen) atoms. The number of benzene rings is 1. The lowest BCUT2D eigenvalue weighted by atomic mass is 10.1. The SMILES string of the molecule is COC(=O)C#CC(=O)NC(Cc1ccccc1)C(=O)OC. The number of ether oxygens (including phenoxy) is 2. The van der Waals surface area contributed by atoms with Gasteiger partial charge in [-0.3, -0.25) is 4.79 Å². The maximum absolute atomic E-state index is 11.7. The van der Waals surface area contributed by atoms with E-state index >= 15 is 0 Å². The van der Waals surface area contributed by atoms with Gasteiger partial charge in [-0.25, -0.2) is 9.59 Å². The maximum Gasteiger partial charge on any atom is 0.384 e. The van der Waals surface area contributed by atoms with Gasteiger partial charge in [-0.1, -0.05) is 30.3 Å². The van der Waals surface area contributed by atoms with Gasteiger partial charge in [0.25, 0.3) is 5.91 Å². The van der Waals surface area contributed by atoms with Crippen molar-refractivity contribution in [2.75, 3.05) is 14.2 Å². The zero-order valence-corrected chi connectivity index (χ0v) is 11.7. The Labute approximate surface area is 122 Å². The first-order chi connectivity index (χ1) is 10.1. The van der Waals surface area contributed by atoms with E-state index in [1.54, 1.807) is 0 Å². The summed E-state index contributed by atoms with van der Waals surface area (Å²) in [6.45, 7) is 0. The summed E-state index contributed by atoms with van der Waals surface area (Å²) in [5, 5.41) is 2.40. The highest BCUT2D eigenvalue weighted by molar-refractivity contribution is 6.02. The monoisotopic (exact) mass is 289 g/mol. The number of rotatable bonds is 4. The Morgan fingerprint density at radius 2 is 1.76 bits per heavy atom. The average molecular weight is 289 g/mol. The molecule has 1 aromatic rings. The van der Waals surface area contributed by atoms with Crippen molar-refractivity contribution in [2.24, 2.45) is 0 Å². The van der Waals surface area contributed by atoms with Crippen molar-refractivity contribution in [2.45, 2.75) is 12.5 Å². The van der Waals surface area contributed by atoms with Gasteiger partial charge in [0, 0.05) is 18.3 Å². The summed E-state index contributed by atoms with van der Waals surface area (Å²) in [5.41, 5.74) is 0.856. The Morgan fingerprint density at radius 3 is 2.33 bits per heavy atom. The third kappa shape index (κ3) is 5.78. The largest absolute Gasteiger partial charge is 0.467 e. The molecule has 0 saturated heterocycles. The highest BCUT2D eigenvalue weighted by atomic mass is 16.5. The molecule has 0 aliphatic rings. The number of hydrogen-bond acceptors (Lipinski definition) is 5. The van der Waals surface area contributed by atoms with E-state index in [1.165, 1.54) is 7.11 Å². The predicted octanol–water partition coefficient (Wildman–Crippen LogP) is 0.0633. The summed E-state index contributed by atoms with van der Waals surface area (Å²) < 4.78 is 8.92. The first-order valence-corrected chi connectivity index (χ1v) is 6.09. The molecule has 1 rings (SSSR count). The van der Waals surface area contributed by atoms with Gasteiger partial charge < -0.3 is 14.8 Å². The molecular formula is C15H15NO5. The molecule has 1 aromatic carbocycles. The number of methoxy groups -OCH3 is 2. The lowest BCUT2D eigenvalue weighted by Crippen LogP contribution is -2.42. The van der Waals surface area contributed by atoms with Crippen LogP contribution in [-0.4, -0.2) is 38.1 Å². The Bertz CT molecular complexity index is 571. The molecule has 0 aliphatic heterocycles. The zero-order chi connectivity index (χ0) is 15.7. The van der Waals surface area contributed by atoms with Crippen LogP contribution in [0.5, 0.6) is 0 Å². The van der Waals surface area contributed by atoms with Crippen molar-refractivity contribution < 1.29 is 23.9 Å². The molecule has 0 fully saturated rings. The van der Waals surface area contributed by atoms with E-state index in [1.807, 2.05) is 42.2 Å². The van der Waals surface area contributed by atoms with E-state index in [9.17, 15) is 14.4 Å². The molecule has 0 spiro atoms. The van der Waals surface area contributed by atoms with E-state index in [-0.39, 0.29) is 6.42 Å².